The zero-order valence-corrected chi connectivity index (χ0v) is 10.8. The number of benzene rings is 1. The Labute approximate surface area is 114 Å². The third kappa shape index (κ3) is 3.20. The molecule has 0 saturated heterocycles. The van der Waals surface area contributed by atoms with Crippen LogP contribution in [-0.2, 0) is 12.7 Å². The molecule has 1 aromatic carbocycles. The van der Waals surface area contributed by atoms with E-state index < -0.39 is 11.7 Å². The van der Waals surface area contributed by atoms with Crippen molar-refractivity contribution in [1.82, 2.24) is 4.98 Å². The molecule has 0 amide bonds. The van der Waals surface area contributed by atoms with Crippen molar-refractivity contribution >= 4 is 11.4 Å². The van der Waals surface area contributed by atoms with Gasteiger partial charge in [-0.15, -0.1) is 0 Å². The highest BCUT2D eigenvalue weighted by atomic mass is 19.4. The van der Waals surface area contributed by atoms with E-state index in [1.807, 2.05) is 13.0 Å². The topological polar surface area (TPSA) is 50.9 Å². The Morgan fingerprint density at radius 2 is 2.00 bits per heavy atom. The van der Waals surface area contributed by atoms with Gasteiger partial charge in [0.2, 0.25) is 0 Å². The quantitative estimate of drug-likeness (QED) is 0.845. The van der Waals surface area contributed by atoms with Crippen LogP contribution in [0.1, 0.15) is 16.8 Å². The maximum absolute atomic E-state index is 12.9. The minimum absolute atomic E-state index is 0.00301. The van der Waals surface area contributed by atoms with Crippen molar-refractivity contribution in [2.75, 3.05) is 11.1 Å². The molecule has 0 bridgehead atoms. The van der Waals surface area contributed by atoms with Crippen molar-refractivity contribution in [3.8, 4) is 0 Å². The van der Waals surface area contributed by atoms with E-state index in [9.17, 15) is 13.2 Å². The minimum atomic E-state index is -4.45. The zero-order chi connectivity index (χ0) is 14.8. The average molecular weight is 281 g/mol. The van der Waals surface area contributed by atoms with Crippen molar-refractivity contribution in [2.24, 2.45) is 0 Å². The lowest BCUT2D eigenvalue weighted by molar-refractivity contribution is -0.136. The van der Waals surface area contributed by atoms with Gasteiger partial charge in [0, 0.05) is 17.6 Å². The number of pyridine rings is 1. The third-order valence-electron chi connectivity index (χ3n) is 2.91. The van der Waals surface area contributed by atoms with Gasteiger partial charge in [0.05, 0.1) is 17.8 Å². The predicted octanol–water partition coefficient (Wildman–Crippen LogP) is 3.60. The summed E-state index contributed by atoms with van der Waals surface area (Å²) < 4.78 is 38.8. The van der Waals surface area contributed by atoms with E-state index in [4.69, 9.17) is 5.73 Å². The molecule has 0 fully saturated rings. The fourth-order valence-corrected chi connectivity index (χ4v) is 1.83. The van der Waals surface area contributed by atoms with Crippen molar-refractivity contribution in [3.63, 3.8) is 0 Å². The molecule has 0 radical (unpaired) electrons. The highest BCUT2D eigenvalue weighted by Crippen LogP contribution is 2.36. The number of anilines is 2. The average Bonchev–Trinajstić information content (AvgIpc) is 2.38. The van der Waals surface area contributed by atoms with Crippen LogP contribution in [0.25, 0.3) is 0 Å². The number of nitrogens with zero attached hydrogens (tertiary/aromatic N) is 1. The second-order valence-corrected chi connectivity index (χ2v) is 4.42. The molecule has 1 aromatic heterocycles. The molecule has 20 heavy (non-hydrogen) atoms. The lowest BCUT2D eigenvalue weighted by Gasteiger charge is -2.15. The van der Waals surface area contributed by atoms with E-state index in [1.165, 1.54) is 12.1 Å². The Morgan fingerprint density at radius 1 is 1.25 bits per heavy atom. The highest BCUT2D eigenvalue weighted by molar-refractivity contribution is 5.59. The van der Waals surface area contributed by atoms with Crippen LogP contribution in [0.2, 0.25) is 0 Å². The van der Waals surface area contributed by atoms with Gasteiger partial charge in [0.15, 0.2) is 0 Å². The lowest BCUT2D eigenvalue weighted by Crippen LogP contribution is -2.12. The summed E-state index contributed by atoms with van der Waals surface area (Å²) >= 11 is 0. The number of rotatable bonds is 3. The molecule has 106 valence electrons. The monoisotopic (exact) mass is 281 g/mol. The molecule has 0 atom stereocenters. The van der Waals surface area contributed by atoms with E-state index in [0.717, 1.165) is 11.6 Å². The summed E-state index contributed by atoms with van der Waals surface area (Å²) in [5.74, 6) is 0. The molecule has 0 unspecified atom stereocenters. The normalized spacial score (nSPS) is 11.4. The Hall–Kier alpha value is -2.24. The summed E-state index contributed by atoms with van der Waals surface area (Å²) in [6, 6.07) is 7.33. The first-order valence-corrected chi connectivity index (χ1v) is 5.99. The maximum atomic E-state index is 12.9. The summed E-state index contributed by atoms with van der Waals surface area (Å²) in [6.07, 6.45) is -2.84. The van der Waals surface area contributed by atoms with Crippen molar-refractivity contribution in [3.05, 3.63) is 53.3 Å². The van der Waals surface area contributed by atoms with E-state index in [1.54, 1.807) is 12.3 Å². The van der Waals surface area contributed by atoms with Crippen LogP contribution in [-0.4, -0.2) is 4.98 Å². The first-order valence-electron chi connectivity index (χ1n) is 5.99. The van der Waals surface area contributed by atoms with E-state index in [0.29, 0.717) is 5.69 Å². The van der Waals surface area contributed by atoms with E-state index in [2.05, 4.69) is 10.3 Å². The number of aryl methyl sites for hydroxylation is 1. The molecular formula is C14H14F3N3. The van der Waals surface area contributed by atoms with Gasteiger partial charge in [0.1, 0.15) is 0 Å². The summed E-state index contributed by atoms with van der Waals surface area (Å²) in [5, 5.41) is 2.77. The van der Waals surface area contributed by atoms with E-state index >= 15 is 0 Å². The van der Waals surface area contributed by atoms with Gasteiger partial charge in [-0.2, -0.15) is 13.2 Å². The minimum Gasteiger partial charge on any atom is -0.399 e. The molecule has 2 aromatic rings. The fraction of sp³-hybridized carbons (Fsp3) is 0.214. The molecule has 0 aliphatic rings. The largest absolute Gasteiger partial charge is 0.418 e. The number of nitrogen functional groups attached to an aromatic ring is 1. The Balaban J connectivity index is 2.24. The molecule has 0 aliphatic carbocycles. The van der Waals surface area contributed by atoms with Crippen molar-refractivity contribution in [1.29, 1.82) is 0 Å². The number of hydrogen-bond acceptors (Lipinski definition) is 3. The Bertz CT molecular complexity index is 609. The predicted molar refractivity (Wildman–Crippen MR) is 72.2 cm³/mol. The van der Waals surface area contributed by atoms with Gasteiger partial charge >= 0.3 is 6.18 Å². The number of halogens is 3. The molecule has 1 heterocycles. The third-order valence-corrected chi connectivity index (χ3v) is 2.91. The summed E-state index contributed by atoms with van der Waals surface area (Å²) in [5.41, 5.74) is 6.35. The van der Waals surface area contributed by atoms with Gasteiger partial charge in [0.25, 0.3) is 0 Å². The SMILES string of the molecule is Cc1cccnc1CNc1ccc(N)cc1C(F)(F)F. The number of nitrogens with one attached hydrogen (secondary N) is 1. The molecule has 0 aliphatic heterocycles. The van der Waals surface area contributed by atoms with Crippen LogP contribution >= 0.6 is 0 Å². The van der Waals surface area contributed by atoms with Crippen molar-refractivity contribution < 1.29 is 13.2 Å². The maximum Gasteiger partial charge on any atom is 0.418 e. The van der Waals surface area contributed by atoms with Crippen LogP contribution in [0.5, 0.6) is 0 Å². The van der Waals surface area contributed by atoms with Gasteiger partial charge in [-0.3, -0.25) is 4.98 Å². The summed E-state index contributed by atoms with van der Waals surface area (Å²) in [7, 11) is 0. The lowest BCUT2D eigenvalue weighted by atomic mass is 10.1. The number of aromatic nitrogens is 1. The number of hydrogen-bond donors (Lipinski definition) is 2. The zero-order valence-electron chi connectivity index (χ0n) is 10.8. The van der Waals surface area contributed by atoms with Crippen LogP contribution < -0.4 is 11.1 Å². The Kier molecular flexibility index (Phi) is 3.83. The summed E-state index contributed by atoms with van der Waals surface area (Å²) in [4.78, 5) is 4.13. The van der Waals surface area contributed by atoms with Gasteiger partial charge in [-0.25, -0.2) is 0 Å². The van der Waals surface area contributed by atoms with Crippen LogP contribution in [0.3, 0.4) is 0 Å². The van der Waals surface area contributed by atoms with E-state index in [-0.39, 0.29) is 17.9 Å². The standard InChI is InChI=1S/C14H14F3N3/c1-9-3-2-6-19-13(9)8-20-12-5-4-10(18)7-11(12)14(15,16)17/h2-7,20H,8,18H2,1H3. The van der Waals surface area contributed by atoms with Crippen LogP contribution in [0, 0.1) is 6.92 Å². The van der Waals surface area contributed by atoms with Crippen molar-refractivity contribution in [2.45, 2.75) is 19.6 Å². The smallest absolute Gasteiger partial charge is 0.399 e. The molecule has 0 saturated carbocycles. The molecule has 3 nitrogen and oxygen atoms in total. The molecule has 0 spiro atoms. The second-order valence-electron chi connectivity index (χ2n) is 4.42. The fourth-order valence-electron chi connectivity index (χ4n) is 1.83. The van der Waals surface area contributed by atoms with Crippen LogP contribution in [0.4, 0.5) is 24.5 Å². The summed E-state index contributed by atoms with van der Waals surface area (Å²) in [6.45, 7) is 2.08. The van der Waals surface area contributed by atoms with Crippen LogP contribution in [0.15, 0.2) is 36.5 Å². The molecular weight excluding hydrogens is 267 g/mol. The molecule has 6 heteroatoms. The van der Waals surface area contributed by atoms with Gasteiger partial charge in [-0.1, -0.05) is 6.07 Å². The highest BCUT2D eigenvalue weighted by Gasteiger charge is 2.33. The first kappa shape index (κ1) is 14.2. The second kappa shape index (κ2) is 5.40. The van der Waals surface area contributed by atoms with Gasteiger partial charge < -0.3 is 11.1 Å². The molecule has 2 rings (SSSR count). The number of alkyl halides is 3. The van der Waals surface area contributed by atoms with Gasteiger partial charge in [-0.05, 0) is 36.8 Å². The molecule has 3 N–H and O–H groups in total. The Morgan fingerprint density at radius 3 is 2.65 bits per heavy atom. The first-order chi connectivity index (χ1) is 9.38. The number of nitrogens with two attached hydrogens (primary N) is 1.